The summed E-state index contributed by atoms with van der Waals surface area (Å²) in [6.07, 6.45) is 8.98. The van der Waals surface area contributed by atoms with Gasteiger partial charge in [0.2, 0.25) is 0 Å². The van der Waals surface area contributed by atoms with Crippen LogP contribution in [0.25, 0.3) is 0 Å². The van der Waals surface area contributed by atoms with Gasteiger partial charge in [0.25, 0.3) is 0 Å². The second-order valence-corrected chi connectivity index (χ2v) is 3.24. The second kappa shape index (κ2) is 2.55. The van der Waals surface area contributed by atoms with E-state index in [1.165, 1.54) is 32.1 Å². The lowest BCUT2D eigenvalue weighted by Gasteiger charge is -2.08. The van der Waals surface area contributed by atoms with Gasteiger partial charge in [-0.2, -0.15) is 0 Å². The molecular formula is C9H16. The predicted octanol–water partition coefficient (Wildman–Crippen LogP) is 3.14. The van der Waals surface area contributed by atoms with Gasteiger partial charge >= 0.3 is 0 Å². The highest BCUT2D eigenvalue weighted by Gasteiger charge is 2.39. The summed E-state index contributed by atoms with van der Waals surface area (Å²) in [5.41, 5.74) is 0.733. The van der Waals surface area contributed by atoms with Crippen LogP contribution in [0, 0.1) is 5.41 Å². The highest BCUT2D eigenvalue weighted by Crippen LogP contribution is 2.52. The minimum Gasteiger partial charge on any atom is -0.103 e. The average Bonchev–Trinajstić information content (AvgIpc) is 2.51. The monoisotopic (exact) mass is 124 g/mol. The number of rotatable bonds is 4. The zero-order valence-electron chi connectivity index (χ0n) is 6.32. The molecular weight excluding hydrogens is 108 g/mol. The summed E-state index contributed by atoms with van der Waals surface area (Å²) in [4.78, 5) is 0. The predicted molar refractivity (Wildman–Crippen MR) is 41.4 cm³/mol. The maximum absolute atomic E-state index is 3.77. The minimum absolute atomic E-state index is 0.733. The van der Waals surface area contributed by atoms with E-state index in [4.69, 9.17) is 0 Å². The molecule has 1 saturated carbocycles. The SMILES string of the molecule is C=CCC1(CCC)CC1. The van der Waals surface area contributed by atoms with Gasteiger partial charge in [0.05, 0.1) is 0 Å². The van der Waals surface area contributed by atoms with Crippen molar-refractivity contribution < 1.29 is 0 Å². The van der Waals surface area contributed by atoms with Crippen LogP contribution in [-0.2, 0) is 0 Å². The third-order valence-electron chi connectivity index (χ3n) is 2.31. The zero-order valence-corrected chi connectivity index (χ0v) is 6.32. The van der Waals surface area contributed by atoms with Crippen molar-refractivity contribution in [2.24, 2.45) is 5.41 Å². The Labute approximate surface area is 58.0 Å². The Hall–Kier alpha value is -0.260. The van der Waals surface area contributed by atoms with Gasteiger partial charge in [-0.15, -0.1) is 6.58 Å². The van der Waals surface area contributed by atoms with E-state index in [0.29, 0.717) is 0 Å². The van der Waals surface area contributed by atoms with Gasteiger partial charge in [0.15, 0.2) is 0 Å². The highest BCUT2D eigenvalue weighted by molar-refractivity contribution is 4.96. The first-order chi connectivity index (χ1) is 4.33. The van der Waals surface area contributed by atoms with Crippen molar-refractivity contribution in [3.63, 3.8) is 0 Å². The molecule has 0 atom stereocenters. The summed E-state index contributed by atoms with van der Waals surface area (Å²) in [5.74, 6) is 0. The van der Waals surface area contributed by atoms with E-state index >= 15 is 0 Å². The van der Waals surface area contributed by atoms with E-state index in [-0.39, 0.29) is 0 Å². The molecule has 0 unspecified atom stereocenters. The van der Waals surface area contributed by atoms with Gasteiger partial charge in [0, 0.05) is 0 Å². The summed E-state index contributed by atoms with van der Waals surface area (Å²) in [6.45, 7) is 6.04. The van der Waals surface area contributed by atoms with Gasteiger partial charge < -0.3 is 0 Å². The van der Waals surface area contributed by atoms with Crippen LogP contribution in [0.1, 0.15) is 39.0 Å². The Morgan fingerprint density at radius 1 is 1.56 bits per heavy atom. The van der Waals surface area contributed by atoms with E-state index in [0.717, 1.165) is 5.41 Å². The molecule has 1 rings (SSSR count). The Bertz CT molecular complexity index is 98.6. The van der Waals surface area contributed by atoms with Crippen LogP contribution in [0.5, 0.6) is 0 Å². The summed E-state index contributed by atoms with van der Waals surface area (Å²) >= 11 is 0. The standard InChI is InChI=1S/C9H16/c1-3-5-9(6-4-2)7-8-9/h3H,1,4-8H2,2H3. The molecule has 52 valence electrons. The molecule has 0 aromatic rings. The van der Waals surface area contributed by atoms with Crippen molar-refractivity contribution >= 4 is 0 Å². The molecule has 0 nitrogen and oxygen atoms in total. The van der Waals surface area contributed by atoms with Crippen LogP contribution in [-0.4, -0.2) is 0 Å². The van der Waals surface area contributed by atoms with Crippen LogP contribution in [0.2, 0.25) is 0 Å². The molecule has 1 aliphatic rings. The summed E-state index contributed by atoms with van der Waals surface area (Å²) in [6, 6.07) is 0. The van der Waals surface area contributed by atoms with Crippen molar-refractivity contribution in [3.05, 3.63) is 12.7 Å². The first-order valence-corrected chi connectivity index (χ1v) is 3.94. The highest BCUT2D eigenvalue weighted by atomic mass is 14.4. The van der Waals surface area contributed by atoms with Gasteiger partial charge in [0.1, 0.15) is 0 Å². The smallest absolute Gasteiger partial charge is 0.0263 e. The lowest BCUT2D eigenvalue weighted by molar-refractivity contribution is 0.466. The Morgan fingerprint density at radius 3 is 2.56 bits per heavy atom. The van der Waals surface area contributed by atoms with Crippen LogP contribution >= 0.6 is 0 Å². The lowest BCUT2D eigenvalue weighted by Crippen LogP contribution is -1.96. The largest absolute Gasteiger partial charge is 0.103 e. The van der Waals surface area contributed by atoms with Crippen molar-refractivity contribution in [3.8, 4) is 0 Å². The molecule has 0 spiro atoms. The van der Waals surface area contributed by atoms with Crippen molar-refractivity contribution in [2.75, 3.05) is 0 Å². The van der Waals surface area contributed by atoms with Gasteiger partial charge in [-0.3, -0.25) is 0 Å². The molecule has 0 bridgehead atoms. The molecule has 0 saturated heterocycles. The van der Waals surface area contributed by atoms with Crippen molar-refractivity contribution in [1.82, 2.24) is 0 Å². The van der Waals surface area contributed by atoms with Gasteiger partial charge in [-0.25, -0.2) is 0 Å². The number of allylic oxidation sites excluding steroid dienone is 1. The maximum Gasteiger partial charge on any atom is -0.0263 e. The normalized spacial score (nSPS) is 21.4. The second-order valence-electron chi connectivity index (χ2n) is 3.24. The molecule has 9 heavy (non-hydrogen) atoms. The molecule has 0 heteroatoms. The van der Waals surface area contributed by atoms with Crippen molar-refractivity contribution in [2.45, 2.75) is 39.0 Å². The molecule has 0 aromatic heterocycles. The fourth-order valence-corrected chi connectivity index (χ4v) is 1.57. The average molecular weight is 124 g/mol. The van der Waals surface area contributed by atoms with Crippen LogP contribution < -0.4 is 0 Å². The van der Waals surface area contributed by atoms with E-state index < -0.39 is 0 Å². The summed E-state index contributed by atoms with van der Waals surface area (Å²) < 4.78 is 0. The molecule has 0 amide bonds. The van der Waals surface area contributed by atoms with Crippen molar-refractivity contribution in [1.29, 1.82) is 0 Å². The number of hydrogen-bond acceptors (Lipinski definition) is 0. The maximum atomic E-state index is 3.77. The lowest BCUT2D eigenvalue weighted by atomic mass is 9.97. The molecule has 0 aromatic carbocycles. The Kier molecular flexibility index (Phi) is 1.94. The molecule has 0 heterocycles. The molecule has 1 fully saturated rings. The summed E-state index contributed by atoms with van der Waals surface area (Å²) in [5, 5.41) is 0. The topological polar surface area (TPSA) is 0 Å². The van der Waals surface area contributed by atoms with Crippen LogP contribution in [0.15, 0.2) is 12.7 Å². The fourth-order valence-electron chi connectivity index (χ4n) is 1.57. The minimum atomic E-state index is 0.733. The molecule has 0 N–H and O–H groups in total. The molecule has 1 aliphatic carbocycles. The summed E-state index contributed by atoms with van der Waals surface area (Å²) in [7, 11) is 0. The Balaban J connectivity index is 2.24. The Morgan fingerprint density at radius 2 is 2.22 bits per heavy atom. The first kappa shape index (κ1) is 6.85. The third-order valence-corrected chi connectivity index (χ3v) is 2.31. The fraction of sp³-hybridized carbons (Fsp3) is 0.778. The molecule has 0 radical (unpaired) electrons. The van der Waals surface area contributed by atoms with E-state index in [1.807, 2.05) is 0 Å². The number of hydrogen-bond donors (Lipinski definition) is 0. The van der Waals surface area contributed by atoms with E-state index in [2.05, 4.69) is 19.6 Å². The van der Waals surface area contributed by atoms with Gasteiger partial charge in [-0.1, -0.05) is 19.4 Å². The zero-order chi connectivity index (χ0) is 6.74. The quantitative estimate of drug-likeness (QED) is 0.505. The van der Waals surface area contributed by atoms with Gasteiger partial charge in [-0.05, 0) is 31.1 Å². The van der Waals surface area contributed by atoms with E-state index in [9.17, 15) is 0 Å². The van der Waals surface area contributed by atoms with Crippen LogP contribution in [0.3, 0.4) is 0 Å². The van der Waals surface area contributed by atoms with E-state index in [1.54, 1.807) is 0 Å². The third kappa shape index (κ3) is 1.57. The first-order valence-electron chi connectivity index (χ1n) is 3.94. The molecule has 0 aliphatic heterocycles. The van der Waals surface area contributed by atoms with Crippen LogP contribution in [0.4, 0.5) is 0 Å².